The number of benzene rings is 1. The van der Waals surface area contributed by atoms with Crippen molar-refractivity contribution in [3.63, 3.8) is 0 Å². The number of nitrogens with two attached hydrogens (primary N) is 1. The van der Waals surface area contributed by atoms with Crippen molar-refractivity contribution in [2.75, 3.05) is 5.43 Å². The maximum atomic E-state index is 8.68. The van der Waals surface area contributed by atoms with E-state index in [0.717, 1.165) is 14.5 Å². The van der Waals surface area contributed by atoms with Crippen LogP contribution in [0.2, 0.25) is 0 Å². The summed E-state index contributed by atoms with van der Waals surface area (Å²) in [6.07, 6.45) is 0. The van der Waals surface area contributed by atoms with Crippen LogP contribution in [0.25, 0.3) is 0 Å². The number of rotatable bonds is 3. The standard InChI is InChI=1S/C10H9Br2N5/c1-5-6(11)2-3-7(9(5)12)16-17-8(4-13)10(14)15/h2-3,16H,1H3,(H3,14,15)/b17-8+. The number of hydrogen-bond donors (Lipinski definition) is 3. The maximum absolute atomic E-state index is 8.68. The minimum absolute atomic E-state index is 0.155. The number of nitrogens with one attached hydrogen (secondary N) is 2. The Morgan fingerprint density at radius 3 is 2.71 bits per heavy atom. The van der Waals surface area contributed by atoms with E-state index >= 15 is 0 Å². The third-order valence-electron chi connectivity index (χ3n) is 1.97. The fraction of sp³-hybridized carbons (Fsp3) is 0.100. The van der Waals surface area contributed by atoms with Crippen LogP contribution in [0, 0.1) is 23.7 Å². The molecule has 0 radical (unpaired) electrons. The SMILES string of the molecule is Cc1c(Br)ccc(N/N=C(\C#N)C(=N)N)c1Br. The number of nitriles is 1. The van der Waals surface area contributed by atoms with Gasteiger partial charge in [0.25, 0.3) is 0 Å². The van der Waals surface area contributed by atoms with Crippen molar-refractivity contribution >= 4 is 49.1 Å². The number of anilines is 1. The van der Waals surface area contributed by atoms with Crippen LogP contribution in [0.15, 0.2) is 26.2 Å². The summed E-state index contributed by atoms with van der Waals surface area (Å²) >= 11 is 6.81. The van der Waals surface area contributed by atoms with Crippen LogP contribution in [0.4, 0.5) is 5.69 Å². The predicted molar refractivity (Wildman–Crippen MR) is 75.2 cm³/mol. The molecule has 1 aromatic carbocycles. The molecule has 5 nitrogen and oxygen atoms in total. The average Bonchev–Trinajstić information content (AvgIpc) is 2.29. The van der Waals surface area contributed by atoms with Gasteiger partial charge in [0.2, 0.25) is 5.71 Å². The highest BCUT2D eigenvalue weighted by Crippen LogP contribution is 2.31. The molecule has 1 aromatic rings. The lowest BCUT2D eigenvalue weighted by Gasteiger charge is -2.08. The monoisotopic (exact) mass is 357 g/mol. The molecule has 0 aliphatic rings. The van der Waals surface area contributed by atoms with Crippen molar-refractivity contribution in [1.82, 2.24) is 0 Å². The molecule has 4 N–H and O–H groups in total. The molecule has 0 unspecified atom stereocenters. The second-order valence-electron chi connectivity index (χ2n) is 3.13. The van der Waals surface area contributed by atoms with Crippen molar-refractivity contribution < 1.29 is 0 Å². The lowest BCUT2D eigenvalue weighted by atomic mass is 10.2. The fourth-order valence-corrected chi connectivity index (χ4v) is 2.04. The van der Waals surface area contributed by atoms with Gasteiger partial charge in [0, 0.05) is 8.95 Å². The predicted octanol–water partition coefficient (Wildman–Crippen LogP) is 2.75. The van der Waals surface area contributed by atoms with Gasteiger partial charge >= 0.3 is 0 Å². The minimum Gasteiger partial charge on any atom is -0.382 e. The Labute approximate surface area is 115 Å². The van der Waals surface area contributed by atoms with Gasteiger partial charge in [-0.15, -0.1) is 0 Å². The quantitative estimate of drug-likeness (QED) is 0.440. The molecule has 0 aliphatic carbocycles. The van der Waals surface area contributed by atoms with Gasteiger partial charge in [-0.2, -0.15) is 10.4 Å². The van der Waals surface area contributed by atoms with Crippen LogP contribution in [-0.2, 0) is 0 Å². The molecule has 7 heteroatoms. The van der Waals surface area contributed by atoms with E-state index in [0.29, 0.717) is 5.69 Å². The Hall–Kier alpha value is -1.39. The molecule has 0 saturated carbocycles. The number of nitrogens with zero attached hydrogens (tertiary/aromatic N) is 2. The highest BCUT2D eigenvalue weighted by molar-refractivity contribution is 9.11. The zero-order chi connectivity index (χ0) is 13.0. The molecule has 0 amide bonds. The molecule has 0 heterocycles. The summed E-state index contributed by atoms with van der Waals surface area (Å²) in [6, 6.07) is 5.38. The van der Waals surface area contributed by atoms with Gasteiger partial charge in [0.1, 0.15) is 6.07 Å². The lowest BCUT2D eigenvalue weighted by molar-refractivity contribution is 1.29. The molecular formula is C10H9Br2N5. The maximum Gasteiger partial charge on any atom is 0.201 e. The topological polar surface area (TPSA) is 98.0 Å². The molecule has 88 valence electrons. The van der Waals surface area contributed by atoms with E-state index in [9.17, 15) is 0 Å². The Morgan fingerprint density at radius 1 is 1.53 bits per heavy atom. The first-order valence-corrected chi connectivity index (χ1v) is 6.08. The average molecular weight is 359 g/mol. The number of hydrogen-bond acceptors (Lipinski definition) is 4. The molecular weight excluding hydrogens is 350 g/mol. The molecule has 0 atom stereocenters. The van der Waals surface area contributed by atoms with Gasteiger partial charge in [0.05, 0.1) is 5.69 Å². The van der Waals surface area contributed by atoms with Gasteiger partial charge < -0.3 is 5.73 Å². The van der Waals surface area contributed by atoms with E-state index in [2.05, 4.69) is 42.4 Å². The summed E-state index contributed by atoms with van der Waals surface area (Å²) in [5.41, 5.74) is 9.41. The summed E-state index contributed by atoms with van der Waals surface area (Å²) in [6.45, 7) is 1.93. The highest BCUT2D eigenvalue weighted by Gasteiger charge is 2.06. The molecule has 1 rings (SSSR count). The van der Waals surface area contributed by atoms with Crippen molar-refractivity contribution in [1.29, 1.82) is 10.7 Å². The van der Waals surface area contributed by atoms with Crippen molar-refractivity contribution in [2.45, 2.75) is 6.92 Å². The van der Waals surface area contributed by atoms with Gasteiger partial charge in [-0.25, -0.2) is 0 Å². The first kappa shape index (κ1) is 13.7. The molecule has 0 aliphatic heterocycles. The first-order chi connectivity index (χ1) is 7.97. The van der Waals surface area contributed by atoms with Gasteiger partial charge in [-0.1, -0.05) is 15.9 Å². The van der Waals surface area contributed by atoms with Gasteiger partial charge in [-0.3, -0.25) is 10.8 Å². The Morgan fingerprint density at radius 2 is 2.18 bits per heavy atom. The van der Waals surface area contributed by atoms with Crippen LogP contribution in [0.1, 0.15) is 5.56 Å². The fourth-order valence-electron chi connectivity index (χ4n) is 1.01. The van der Waals surface area contributed by atoms with E-state index in [1.807, 2.05) is 13.0 Å². The van der Waals surface area contributed by atoms with Crippen molar-refractivity contribution in [3.8, 4) is 6.07 Å². The Balaban J connectivity index is 3.02. The summed E-state index contributed by atoms with van der Waals surface area (Å²) in [5, 5.41) is 19.5. The van der Waals surface area contributed by atoms with Crippen molar-refractivity contribution in [2.24, 2.45) is 10.8 Å². The zero-order valence-electron chi connectivity index (χ0n) is 8.88. The van der Waals surface area contributed by atoms with Gasteiger partial charge in [0.15, 0.2) is 5.84 Å². The highest BCUT2D eigenvalue weighted by atomic mass is 79.9. The molecule has 0 saturated heterocycles. The van der Waals surface area contributed by atoms with E-state index in [-0.39, 0.29) is 11.5 Å². The number of hydrazone groups is 1. The van der Waals surface area contributed by atoms with Crippen LogP contribution >= 0.6 is 31.9 Å². The summed E-state index contributed by atoms with van der Waals surface area (Å²) < 4.78 is 1.79. The number of amidine groups is 1. The molecule has 17 heavy (non-hydrogen) atoms. The van der Waals surface area contributed by atoms with Gasteiger partial charge in [-0.05, 0) is 40.5 Å². The Bertz CT molecular complexity index is 530. The first-order valence-electron chi connectivity index (χ1n) is 4.50. The summed E-state index contributed by atoms with van der Waals surface area (Å²) in [4.78, 5) is 0. The van der Waals surface area contributed by atoms with Crippen LogP contribution in [-0.4, -0.2) is 11.5 Å². The second kappa shape index (κ2) is 5.80. The normalized spacial score (nSPS) is 10.8. The number of halogens is 2. The zero-order valence-corrected chi connectivity index (χ0v) is 12.1. The molecule has 0 bridgehead atoms. The Kier molecular flexibility index (Phi) is 4.66. The molecule has 0 aromatic heterocycles. The molecule has 0 fully saturated rings. The molecule has 0 spiro atoms. The largest absolute Gasteiger partial charge is 0.382 e. The summed E-state index contributed by atoms with van der Waals surface area (Å²) in [7, 11) is 0. The van der Waals surface area contributed by atoms with Crippen molar-refractivity contribution in [3.05, 3.63) is 26.6 Å². The summed E-state index contributed by atoms with van der Waals surface area (Å²) in [5.74, 6) is -0.370. The van der Waals surface area contributed by atoms with Crippen LogP contribution in [0.5, 0.6) is 0 Å². The van der Waals surface area contributed by atoms with E-state index in [4.69, 9.17) is 16.4 Å². The van der Waals surface area contributed by atoms with E-state index < -0.39 is 0 Å². The van der Waals surface area contributed by atoms with E-state index in [1.165, 1.54) is 0 Å². The third-order valence-corrected chi connectivity index (χ3v) is 3.85. The smallest absolute Gasteiger partial charge is 0.201 e. The van der Waals surface area contributed by atoms with Crippen LogP contribution in [0.3, 0.4) is 0 Å². The third kappa shape index (κ3) is 3.28. The second-order valence-corrected chi connectivity index (χ2v) is 4.78. The minimum atomic E-state index is -0.370. The van der Waals surface area contributed by atoms with Crippen LogP contribution < -0.4 is 11.2 Å². The lowest BCUT2D eigenvalue weighted by Crippen LogP contribution is -2.21. The van der Waals surface area contributed by atoms with E-state index in [1.54, 1.807) is 12.1 Å².